The molecule has 0 aliphatic heterocycles. The number of carbonyl (C=O) groups excluding carboxylic acids is 1. The minimum absolute atomic E-state index is 0.319. The molecule has 0 fully saturated rings. The molecule has 0 atom stereocenters. The number of hydrogen-bond donors (Lipinski definition) is 0. The summed E-state index contributed by atoms with van der Waals surface area (Å²) in [5.41, 5.74) is 0. The molecule has 1 heterocycles. The number of hydrogen-bond acceptors (Lipinski definition) is 2. The van der Waals surface area contributed by atoms with Crippen molar-refractivity contribution in [1.29, 1.82) is 0 Å². The van der Waals surface area contributed by atoms with Crippen LogP contribution >= 0.6 is 11.6 Å². The van der Waals surface area contributed by atoms with E-state index < -0.39 is 0 Å². The Morgan fingerprint density at radius 3 is 3.00 bits per heavy atom. The third-order valence-corrected chi connectivity index (χ3v) is 1.28. The van der Waals surface area contributed by atoms with Crippen LogP contribution in [0.2, 0.25) is 0 Å². The van der Waals surface area contributed by atoms with Crippen LogP contribution in [0.25, 0.3) is 5.03 Å². The van der Waals surface area contributed by atoms with Gasteiger partial charge in [-0.25, -0.2) is 0 Å². The summed E-state index contributed by atoms with van der Waals surface area (Å²) in [6.07, 6.45) is 3.35. The Balaban J connectivity index is 2.86. The van der Waals surface area contributed by atoms with Gasteiger partial charge < -0.3 is 4.42 Å². The molecule has 0 amide bonds. The van der Waals surface area contributed by atoms with Crippen molar-refractivity contribution in [2.75, 3.05) is 0 Å². The van der Waals surface area contributed by atoms with Gasteiger partial charge in [0.2, 0.25) is 0 Å². The number of carbonyl (C=O) groups is 1. The lowest BCUT2D eigenvalue weighted by molar-refractivity contribution is -0.104. The topological polar surface area (TPSA) is 30.2 Å². The van der Waals surface area contributed by atoms with Gasteiger partial charge in [-0.15, -0.1) is 0 Å². The fourth-order valence-electron chi connectivity index (χ4n) is 0.556. The van der Waals surface area contributed by atoms with Crippen molar-refractivity contribution in [3.05, 3.63) is 30.2 Å². The van der Waals surface area contributed by atoms with Crippen LogP contribution in [0, 0.1) is 0 Å². The number of rotatable bonds is 2. The highest BCUT2D eigenvalue weighted by Gasteiger charge is 1.97. The Bertz CT molecular complexity index is 236. The van der Waals surface area contributed by atoms with Crippen LogP contribution < -0.4 is 0 Å². The first-order valence-electron chi connectivity index (χ1n) is 2.69. The molecule has 0 bridgehead atoms. The van der Waals surface area contributed by atoms with Gasteiger partial charge >= 0.3 is 0 Å². The number of halogens is 1. The number of furan rings is 1. The molecule has 0 aromatic carbocycles. The fourth-order valence-corrected chi connectivity index (χ4v) is 0.715. The van der Waals surface area contributed by atoms with Crippen molar-refractivity contribution in [3.8, 4) is 0 Å². The zero-order chi connectivity index (χ0) is 7.40. The fraction of sp³-hybridized carbons (Fsp3) is 0. The maximum Gasteiger partial charge on any atom is 0.145 e. The van der Waals surface area contributed by atoms with E-state index in [1.807, 2.05) is 0 Å². The summed E-state index contributed by atoms with van der Waals surface area (Å²) in [5.74, 6) is 0.508. The van der Waals surface area contributed by atoms with Crippen molar-refractivity contribution < 1.29 is 9.21 Å². The molecule has 0 N–H and O–H groups in total. The van der Waals surface area contributed by atoms with Gasteiger partial charge in [0.05, 0.1) is 11.3 Å². The van der Waals surface area contributed by atoms with Crippen LogP contribution in [0.3, 0.4) is 0 Å². The second-order valence-electron chi connectivity index (χ2n) is 1.63. The summed E-state index contributed by atoms with van der Waals surface area (Å²) < 4.78 is 4.89. The van der Waals surface area contributed by atoms with Crippen molar-refractivity contribution in [2.24, 2.45) is 0 Å². The van der Waals surface area contributed by atoms with Gasteiger partial charge in [-0.1, -0.05) is 11.6 Å². The van der Waals surface area contributed by atoms with Crippen molar-refractivity contribution in [2.45, 2.75) is 0 Å². The van der Waals surface area contributed by atoms with Crippen molar-refractivity contribution >= 4 is 22.9 Å². The second kappa shape index (κ2) is 3.22. The highest BCUT2D eigenvalue weighted by molar-refractivity contribution is 6.49. The summed E-state index contributed by atoms with van der Waals surface area (Å²) in [7, 11) is 0. The summed E-state index contributed by atoms with van der Waals surface area (Å²) in [4.78, 5) is 9.91. The van der Waals surface area contributed by atoms with E-state index in [0.29, 0.717) is 17.1 Å². The summed E-state index contributed by atoms with van der Waals surface area (Å²) in [5, 5.41) is 0.319. The predicted octanol–water partition coefficient (Wildman–Crippen LogP) is 2.06. The molecule has 0 saturated carbocycles. The molecule has 0 aliphatic rings. The van der Waals surface area contributed by atoms with E-state index in [1.54, 1.807) is 12.1 Å². The van der Waals surface area contributed by atoms with E-state index in [9.17, 15) is 4.79 Å². The van der Waals surface area contributed by atoms with Gasteiger partial charge in [-0.2, -0.15) is 0 Å². The van der Waals surface area contributed by atoms with Gasteiger partial charge in [0.1, 0.15) is 12.0 Å². The highest BCUT2D eigenvalue weighted by atomic mass is 35.5. The quantitative estimate of drug-likeness (QED) is 0.485. The van der Waals surface area contributed by atoms with Crippen molar-refractivity contribution in [1.82, 2.24) is 0 Å². The number of allylic oxidation sites excluding steroid dienone is 1. The Labute approximate surface area is 63.1 Å². The molecule has 1 aromatic rings. The molecule has 0 saturated heterocycles. The van der Waals surface area contributed by atoms with Crippen LogP contribution in [0.15, 0.2) is 28.9 Å². The standard InChI is InChI=1S/C7H5ClO2/c8-6(3-4-9)7-2-1-5-10-7/h1-5H/b6-3-. The maximum atomic E-state index is 9.91. The molecular formula is C7H5ClO2. The van der Waals surface area contributed by atoms with E-state index in [-0.39, 0.29) is 0 Å². The molecule has 1 rings (SSSR count). The summed E-state index contributed by atoms with van der Waals surface area (Å²) >= 11 is 5.58. The maximum absolute atomic E-state index is 9.91. The zero-order valence-electron chi connectivity index (χ0n) is 5.08. The van der Waals surface area contributed by atoms with Gasteiger partial charge in [0.15, 0.2) is 0 Å². The second-order valence-corrected chi connectivity index (χ2v) is 2.04. The van der Waals surface area contributed by atoms with Gasteiger partial charge in [0.25, 0.3) is 0 Å². The van der Waals surface area contributed by atoms with E-state index in [4.69, 9.17) is 16.0 Å². The summed E-state index contributed by atoms with van der Waals surface area (Å²) in [6.45, 7) is 0. The highest BCUT2D eigenvalue weighted by Crippen LogP contribution is 2.17. The molecule has 0 aliphatic carbocycles. The average Bonchev–Trinajstić information content (AvgIpc) is 2.38. The van der Waals surface area contributed by atoms with Crippen LogP contribution in [-0.2, 0) is 4.79 Å². The van der Waals surface area contributed by atoms with E-state index in [0.717, 1.165) is 0 Å². The molecule has 52 valence electrons. The molecular weight excluding hydrogens is 152 g/mol. The lowest BCUT2D eigenvalue weighted by Gasteiger charge is -1.86. The molecule has 0 radical (unpaired) electrons. The van der Waals surface area contributed by atoms with Gasteiger partial charge in [-0.3, -0.25) is 4.79 Å². The molecule has 10 heavy (non-hydrogen) atoms. The van der Waals surface area contributed by atoms with Crippen molar-refractivity contribution in [3.63, 3.8) is 0 Å². The zero-order valence-corrected chi connectivity index (χ0v) is 5.84. The van der Waals surface area contributed by atoms with E-state index >= 15 is 0 Å². The monoisotopic (exact) mass is 156 g/mol. The first-order valence-corrected chi connectivity index (χ1v) is 3.07. The third-order valence-electron chi connectivity index (χ3n) is 0.971. The van der Waals surface area contributed by atoms with E-state index in [2.05, 4.69) is 0 Å². The van der Waals surface area contributed by atoms with Crippen LogP contribution in [0.4, 0.5) is 0 Å². The minimum Gasteiger partial charge on any atom is -0.463 e. The Kier molecular flexibility index (Phi) is 2.29. The lowest BCUT2D eigenvalue weighted by Crippen LogP contribution is -1.69. The third kappa shape index (κ3) is 1.48. The van der Waals surface area contributed by atoms with Crippen LogP contribution in [0.5, 0.6) is 0 Å². The van der Waals surface area contributed by atoms with E-state index in [1.165, 1.54) is 12.3 Å². The first-order chi connectivity index (χ1) is 4.84. The lowest BCUT2D eigenvalue weighted by atomic mass is 10.4. The predicted molar refractivity (Wildman–Crippen MR) is 38.6 cm³/mol. The summed E-state index contributed by atoms with van der Waals surface area (Å²) in [6, 6.07) is 3.39. The molecule has 1 aromatic heterocycles. The normalized spacial score (nSPS) is 11.5. The largest absolute Gasteiger partial charge is 0.463 e. The SMILES string of the molecule is O=C/C=C(\Cl)c1ccco1. The molecule has 2 nitrogen and oxygen atoms in total. The molecule has 0 unspecified atom stereocenters. The number of aldehydes is 1. The molecule has 3 heteroatoms. The molecule has 0 spiro atoms. The smallest absolute Gasteiger partial charge is 0.145 e. The van der Waals surface area contributed by atoms with Gasteiger partial charge in [0, 0.05) is 6.08 Å². The van der Waals surface area contributed by atoms with Gasteiger partial charge in [-0.05, 0) is 12.1 Å². The van der Waals surface area contributed by atoms with Crippen LogP contribution in [-0.4, -0.2) is 6.29 Å². The Morgan fingerprint density at radius 2 is 2.50 bits per heavy atom. The first kappa shape index (κ1) is 7.09. The minimum atomic E-state index is 0.319. The van der Waals surface area contributed by atoms with Crippen LogP contribution in [0.1, 0.15) is 5.76 Å². The Hall–Kier alpha value is -1.02. The Morgan fingerprint density at radius 1 is 1.70 bits per heavy atom. The average molecular weight is 157 g/mol.